The highest BCUT2D eigenvalue weighted by Gasteiger charge is 2.34. The maximum Gasteiger partial charge on any atom is 0.419 e. The first-order valence-corrected chi connectivity index (χ1v) is 7.00. The van der Waals surface area contributed by atoms with E-state index in [0.29, 0.717) is 6.54 Å². The second kappa shape index (κ2) is 7.47. The molecule has 0 radical (unpaired) electrons. The van der Waals surface area contributed by atoms with E-state index in [4.69, 9.17) is 4.74 Å². The highest BCUT2D eigenvalue weighted by molar-refractivity contribution is 5.35. The number of aliphatic hydroxyl groups is 1. The van der Waals surface area contributed by atoms with Crippen molar-refractivity contribution in [3.63, 3.8) is 0 Å². The highest BCUT2D eigenvalue weighted by atomic mass is 19.4. The van der Waals surface area contributed by atoms with Crippen molar-refractivity contribution in [2.24, 2.45) is 0 Å². The van der Waals surface area contributed by atoms with Gasteiger partial charge >= 0.3 is 6.18 Å². The number of likely N-dealkylation sites (N-methyl/N-ethyl adjacent to an activating group) is 1. The van der Waals surface area contributed by atoms with Gasteiger partial charge in [0.15, 0.2) is 0 Å². The number of hydrogen-bond donors (Lipinski definition) is 2. The van der Waals surface area contributed by atoms with E-state index in [-0.39, 0.29) is 18.9 Å². The molecule has 23 heavy (non-hydrogen) atoms. The number of aromatic nitrogens is 2. The van der Waals surface area contributed by atoms with Gasteiger partial charge in [0, 0.05) is 25.0 Å². The Bertz CT molecular complexity index is 602. The molecule has 1 heterocycles. The number of nitrogens with zero attached hydrogens (tertiary/aromatic N) is 2. The Labute approximate surface area is 131 Å². The molecule has 0 fully saturated rings. The lowest BCUT2D eigenvalue weighted by Crippen LogP contribution is -2.33. The summed E-state index contributed by atoms with van der Waals surface area (Å²) in [4.78, 5) is 1.82. The van der Waals surface area contributed by atoms with E-state index in [0.717, 1.165) is 11.8 Å². The normalized spacial score (nSPS) is 13.3. The first-order chi connectivity index (χ1) is 10.9. The van der Waals surface area contributed by atoms with Gasteiger partial charge in [-0.05, 0) is 25.2 Å². The second-order valence-corrected chi connectivity index (χ2v) is 5.24. The number of benzene rings is 1. The summed E-state index contributed by atoms with van der Waals surface area (Å²) in [6, 6.07) is 6.75. The molecule has 0 aliphatic carbocycles. The van der Waals surface area contributed by atoms with E-state index in [1.807, 2.05) is 4.90 Å². The molecule has 1 aromatic heterocycles. The first kappa shape index (κ1) is 17.3. The number of nitrogens with one attached hydrogen (secondary N) is 1. The number of rotatable bonds is 7. The van der Waals surface area contributed by atoms with Crippen LogP contribution in [-0.2, 0) is 12.7 Å². The molecule has 2 N–H and O–H groups in total. The molecule has 0 aliphatic rings. The fourth-order valence-electron chi connectivity index (χ4n) is 2.15. The lowest BCUT2D eigenvalue weighted by molar-refractivity contribution is -0.139. The van der Waals surface area contributed by atoms with Crippen LogP contribution in [0.15, 0.2) is 36.5 Å². The monoisotopic (exact) mass is 329 g/mol. The zero-order valence-corrected chi connectivity index (χ0v) is 12.5. The van der Waals surface area contributed by atoms with Crippen molar-refractivity contribution >= 4 is 0 Å². The Morgan fingerprint density at radius 1 is 1.30 bits per heavy atom. The van der Waals surface area contributed by atoms with Crippen LogP contribution < -0.4 is 4.74 Å². The number of alkyl halides is 3. The van der Waals surface area contributed by atoms with Gasteiger partial charge in [0.25, 0.3) is 0 Å². The summed E-state index contributed by atoms with van der Waals surface area (Å²) in [6.07, 6.45) is -3.78. The third-order valence-corrected chi connectivity index (χ3v) is 3.14. The van der Waals surface area contributed by atoms with Gasteiger partial charge in [-0.25, -0.2) is 0 Å². The number of hydrogen-bond acceptors (Lipinski definition) is 4. The molecule has 1 unspecified atom stereocenters. The Morgan fingerprint density at radius 3 is 2.70 bits per heavy atom. The fraction of sp³-hybridized carbons (Fsp3) is 0.400. The summed E-state index contributed by atoms with van der Waals surface area (Å²) < 4.78 is 43.6. The van der Waals surface area contributed by atoms with Crippen molar-refractivity contribution in [3.05, 3.63) is 47.8 Å². The largest absolute Gasteiger partial charge is 0.490 e. The quantitative estimate of drug-likeness (QED) is 0.818. The molecular weight excluding hydrogens is 311 g/mol. The molecule has 0 spiro atoms. The smallest absolute Gasteiger partial charge is 0.419 e. The van der Waals surface area contributed by atoms with Crippen molar-refractivity contribution < 1.29 is 23.0 Å². The number of ether oxygens (including phenoxy) is 1. The van der Waals surface area contributed by atoms with E-state index < -0.39 is 17.8 Å². The van der Waals surface area contributed by atoms with Crippen LogP contribution in [-0.4, -0.2) is 46.5 Å². The van der Waals surface area contributed by atoms with Gasteiger partial charge in [0.1, 0.15) is 18.5 Å². The molecule has 5 nitrogen and oxygen atoms in total. The lowest BCUT2D eigenvalue weighted by Gasteiger charge is -2.21. The number of halogens is 3. The maximum atomic E-state index is 12.8. The third-order valence-electron chi connectivity index (χ3n) is 3.14. The second-order valence-electron chi connectivity index (χ2n) is 5.24. The van der Waals surface area contributed by atoms with Gasteiger partial charge in [-0.1, -0.05) is 12.1 Å². The Kier molecular flexibility index (Phi) is 5.62. The zero-order valence-electron chi connectivity index (χ0n) is 12.5. The molecule has 2 aromatic rings. The van der Waals surface area contributed by atoms with Gasteiger partial charge < -0.3 is 9.84 Å². The predicted molar refractivity (Wildman–Crippen MR) is 77.9 cm³/mol. The number of para-hydroxylation sites is 1. The maximum absolute atomic E-state index is 12.8. The Balaban J connectivity index is 1.86. The minimum Gasteiger partial charge on any atom is -0.490 e. The van der Waals surface area contributed by atoms with Gasteiger partial charge in [0.05, 0.1) is 5.56 Å². The van der Waals surface area contributed by atoms with Gasteiger partial charge in [-0.15, -0.1) is 0 Å². The third kappa shape index (κ3) is 5.26. The van der Waals surface area contributed by atoms with Crippen LogP contribution in [0.4, 0.5) is 13.2 Å². The summed E-state index contributed by atoms with van der Waals surface area (Å²) in [7, 11) is 1.79. The summed E-state index contributed by atoms with van der Waals surface area (Å²) in [5.41, 5.74) is 0.0287. The number of aromatic amines is 1. The van der Waals surface area contributed by atoms with Crippen LogP contribution in [0.2, 0.25) is 0 Å². The minimum atomic E-state index is -4.49. The van der Waals surface area contributed by atoms with E-state index in [1.54, 1.807) is 19.3 Å². The number of aliphatic hydroxyl groups excluding tert-OH is 1. The molecule has 0 bridgehead atoms. The van der Waals surface area contributed by atoms with Crippen LogP contribution in [0, 0.1) is 0 Å². The zero-order chi connectivity index (χ0) is 16.9. The van der Waals surface area contributed by atoms with Crippen LogP contribution in [0.25, 0.3) is 0 Å². The molecule has 1 aromatic carbocycles. The van der Waals surface area contributed by atoms with Crippen molar-refractivity contribution in [2.75, 3.05) is 20.2 Å². The highest BCUT2D eigenvalue weighted by Crippen LogP contribution is 2.35. The van der Waals surface area contributed by atoms with Crippen molar-refractivity contribution in [1.82, 2.24) is 15.1 Å². The van der Waals surface area contributed by atoms with E-state index in [9.17, 15) is 18.3 Å². The molecule has 2 rings (SSSR count). The Morgan fingerprint density at radius 2 is 2.04 bits per heavy atom. The fourth-order valence-corrected chi connectivity index (χ4v) is 2.15. The summed E-state index contributed by atoms with van der Waals surface area (Å²) >= 11 is 0. The van der Waals surface area contributed by atoms with E-state index >= 15 is 0 Å². The van der Waals surface area contributed by atoms with Gasteiger partial charge in [0.2, 0.25) is 0 Å². The van der Waals surface area contributed by atoms with Crippen LogP contribution in [0.5, 0.6) is 5.75 Å². The van der Waals surface area contributed by atoms with Gasteiger partial charge in [-0.2, -0.15) is 18.3 Å². The first-order valence-electron chi connectivity index (χ1n) is 7.00. The average molecular weight is 329 g/mol. The summed E-state index contributed by atoms with van der Waals surface area (Å²) in [5.74, 6) is -0.282. The lowest BCUT2D eigenvalue weighted by atomic mass is 10.2. The molecule has 0 aliphatic heterocycles. The van der Waals surface area contributed by atoms with Crippen molar-refractivity contribution in [1.29, 1.82) is 0 Å². The average Bonchev–Trinajstić information content (AvgIpc) is 2.97. The Hall–Kier alpha value is -2.06. The van der Waals surface area contributed by atoms with Crippen LogP contribution >= 0.6 is 0 Å². The SMILES string of the molecule is CN(Cc1ccn[nH]1)CC(O)COc1ccccc1C(F)(F)F. The molecule has 1 atom stereocenters. The number of H-pyrrole nitrogens is 1. The standard InChI is InChI=1S/C15H18F3N3O2/c1-21(8-11-6-7-19-20-11)9-12(22)10-23-14-5-3-2-4-13(14)15(16,17)18/h2-7,12,22H,8-10H2,1H3,(H,19,20). The molecule has 0 amide bonds. The van der Waals surface area contributed by atoms with Crippen LogP contribution in [0.3, 0.4) is 0 Å². The van der Waals surface area contributed by atoms with Crippen molar-refractivity contribution in [3.8, 4) is 5.75 Å². The molecule has 0 saturated carbocycles. The topological polar surface area (TPSA) is 61.4 Å². The summed E-state index contributed by atoms with van der Waals surface area (Å²) in [5, 5.41) is 16.5. The predicted octanol–water partition coefficient (Wildman–Crippen LogP) is 2.30. The molecule has 8 heteroatoms. The van der Waals surface area contributed by atoms with Crippen molar-refractivity contribution in [2.45, 2.75) is 18.8 Å². The molecule has 0 saturated heterocycles. The minimum absolute atomic E-state index is 0.222. The molecule has 126 valence electrons. The van der Waals surface area contributed by atoms with E-state index in [2.05, 4.69) is 10.2 Å². The van der Waals surface area contributed by atoms with E-state index in [1.165, 1.54) is 18.2 Å². The molecular formula is C15H18F3N3O2. The van der Waals surface area contributed by atoms with Crippen LogP contribution in [0.1, 0.15) is 11.3 Å². The van der Waals surface area contributed by atoms with Gasteiger partial charge in [-0.3, -0.25) is 10.00 Å². The summed E-state index contributed by atoms with van der Waals surface area (Å²) in [6.45, 7) is 0.573.